The van der Waals surface area contributed by atoms with Crippen LogP contribution < -0.4 is 0 Å². The van der Waals surface area contributed by atoms with Crippen molar-refractivity contribution in [3.8, 4) is 5.75 Å². The van der Waals surface area contributed by atoms with E-state index in [4.69, 9.17) is 0 Å². The molecule has 0 amide bonds. The summed E-state index contributed by atoms with van der Waals surface area (Å²) >= 11 is 0. The summed E-state index contributed by atoms with van der Waals surface area (Å²) in [5.41, 5.74) is 2.53. The lowest BCUT2D eigenvalue weighted by Gasteiger charge is -2.29. The van der Waals surface area contributed by atoms with E-state index < -0.39 is 0 Å². The number of phenols is 1. The van der Waals surface area contributed by atoms with Crippen molar-refractivity contribution in [2.75, 3.05) is 0 Å². The summed E-state index contributed by atoms with van der Waals surface area (Å²) in [6.45, 7) is 0. The minimum absolute atomic E-state index is 0.545. The Kier molecular flexibility index (Phi) is 2.19. The Labute approximate surface area is 91.1 Å². The minimum atomic E-state index is 0.545. The van der Waals surface area contributed by atoms with E-state index in [0.717, 1.165) is 5.92 Å². The van der Waals surface area contributed by atoms with Gasteiger partial charge in [-0.25, -0.2) is 0 Å². The third-order valence-electron chi connectivity index (χ3n) is 4.18. The lowest BCUT2D eigenvalue weighted by Crippen LogP contribution is -2.11. The Morgan fingerprint density at radius 1 is 0.933 bits per heavy atom. The molecule has 1 aromatic rings. The van der Waals surface area contributed by atoms with Crippen molar-refractivity contribution in [3.63, 3.8) is 0 Å². The first-order chi connectivity index (χ1) is 7.34. The first-order valence-electron chi connectivity index (χ1n) is 6.17. The molecule has 0 heterocycles. The second kappa shape index (κ2) is 3.55. The van der Waals surface area contributed by atoms with Gasteiger partial charge in [0, 0.05) is 0 Å². The van der Waals surface area contributed by atoms with E-state index in [1.807, 2.05) is 6.07 Å². The molecule has 2 aliphatic rings. The first-order valence-corrected chi connectivity index (χ1v) is 6.17. The molecule has 0 spiro atoms. The average molecular weight is 202 g/mol. The molecule has 2 fully saturated rings. The molecule has 15 heavy (non-hydrogen) atoms. The summed E-state index contributed by atoms with van der Waals surface area (Å²) in [4.78, 5) is 0. The zero-order valence-electron chi connectivity index (χ0n) is 9.08. The molecule has 1 heteroatoms. The molecular weight excluding hydrogens is 184 g/mol. The summed E-state index contributed by atoms with van der Waals surface area (Å²) in [5.74, 6) is 1.91. The van der Waals surface area contributed by atoms with Gasteiger partial charge < -0.3 is 5.11 Å². The molecule has 3 rings (SSSR count). The fraction of sp³-hybridized carbons (Fsp3) is 0.571. The van der Waals surface area contributed by atoms with E-state index in [0.29, 0.717) is 11.7 Å². The largest absolute Gasteiger partial charge is 0.508 e. The van der Waals surface area contributed by atoms with E-state index in [9.17, 15) is 5.11 Å². The van der Waals surface area contributed by atoms with Gasteiger partial charge in [-0.3, -0.25) is 0 Å². The zero-order valence-corrected chi connectivity index (χ0v) is 9.08. The number of benzene rings is 1. The molecule has 0 unspecified atom stereocenters. The molecular formula is C14H18O. The van der Waals surface area contributed by atoms with Crippen molar-refractivity contribution in [1.29, 1.82) is 0 Å². The van der Waals surface area contributed by atoms with Crippen LogP contribution in [0.15, 0.2) is 18.2 Å². The first kappa shape index (κ1) is 9.26. The Morgan fingerprint density at radius 3 is 2.07 bits per heavy atom. The standard InChI is InChI=1S/C14H18O/c15-14-9-12(10-3-1-4-10)7-8-13(14)11-5-2-6-11/h7-11,15H,1-6H2. The number of phenolic OH excluding ortho intramolecular Hbond substituents is 1. The molecule has 2 aliphatic carbocycles. The molecule has 1 aromatic carbocycles. The number of rotatable bonds is 2. The normalized spacial score (nSPS) is 22.1. The predicted octanol–water partition coefficient (Wildman–Crippen LogP) is 3.93. The smallest absolute Gasteiger partial charge is 0.119 e. The molecule has 0 atom stereocenters. The monoisotopic (exact) mass is 202 g/mol. The van der Waals surface area contributed by atoms with E-state index in [1.54, 1.807) is 0 Å². The molecule has 1 nitrogen and oxygen atoms in total. The summed E-state index contributed by atoms with van der Waals surface area (Å²) in [7, 11) is 0. The zero-order chi connectivity index (χ0) is 10.3. The van der Waals surface area contributed by atoms with E-state index in [1.165, 1.54) is 49.7 Å². The fourth-order valence-electron chi connectivity index (χ4n) is 2.62. The molecule has 0 aromatic heterocycles. The molecule has 2 saturated carbocycles. The van der Waals surface area contributed by atoms with Crippen LogP contribution >= 0.6 is 0 Å². The van der Waals surface area contributed by atoms with Crippen LogP contribution in [0, 0.1) is 0 Å². The SMILES string of the molecule is Oc1cc(C2CCC2)ccc1C1CCC1. The third kappa shape index (κ3) is 1.54. The second-order valence-electron chi connectivity index (χ2n) is 5.07. The van der Waals surface area contributed by atoms with E-state index in [2.05, 4.69) is 12.1 Å². The van der Waals surface area contributed by atoms with Crippen molar-refractivity contribution in [2.24, 2.45) is 0 Å². The number of hydrogen-bond donors (Lipinski definition) is 1. The van der Waals surface area contributed by atoms with Crippen LogP contribution in [0.4, 0.5) is 0 Å². The summed E-state index contributed by atoms with van der Waals surface area (Å²) < 4.78 is 0. The topological polar surface area (TPSA) is 20.2 Å². The average Bonchev–Trinajstić information content (AvgIpc) is 2.03. The summed E-state index contributed by atoms with van der Waals surface area (Å²) in [6.07, 6.45) is 7.82. The Morgan fingerprint density at radius 2 is 1.60 bits per heavy atom. The maximum atomic E-state index is 10.00. The Balaban J connectivity index is 1.85. The maximum Gasteiger partial charge on any atom is 0.119 e. The van der Waals surface area contributed by atoms with Gasteiger partial charge in [0.15, 0.2) is 0 Å². The highest BCUT2D eigenvalue weighted by Crippen LogP contribution is 2.43. The van der Waals surface area contributed by atoms with Crippen LogP contribution in [0.1, 0.15) is 61.5 Å². The van der Waals surface area contributed by atoms with Gasteiger partial charge in [-0.05, 0) is 54.7 Å². The van der Waals surface area contributed by atoms with Gasteiger partial charge >= 0.3 is 0 Å². The second-order valence-corrected chi connectivity index (χ2v) is 5.07. The van der Waals surface area contributed by atoms with Gasteiger partial charge in [0.05, 0.1) is 0 Å². The summed E-state index contributed by atoms with van der Waals surface area (Å²) in [6, 6.07) is 6.40. The van der Waals surface area contributed by atoms with Crippen LogP contribution in [0.5, 0.6) is 5.75 Å². The van der Waals surface area contributed by atoms with Gasteiger partial charge in [0.25, 0.3) is 0 Å². The van der Waals surface area contributed by atoms with E-state index >= 15 is 0 Å². The van der Waals surface area contributed by atoms with Gasteiger partial charge in [0.2, 0.25) is 0 Å². The highest BCUT2D eigenvalue weighted by molar-refractivity contribution is 5.41. The van der Waals surface area contributed by atoms with Gasteiger partial charge in [0.1, 0.15) is 5.75 Å². The molecule has 0 aliphatic heterocycles. The Hall–Kier alpha value is -0.980. The van der Waals surface area contributed by atoms with Crippen LogP contribution in [-0.2, 0) is 0 Å². The number of aromatic hydroxyl groups is 1. The lowest BCUT2D eigenvalue weighted by molar-refractivity contribution is 0.388. The van der Waals surface area contributed by atoms with Crippen LogP contribution in [0.25, 0.3) is 0 Å². The highest BCUT2D eigenvalue weighted by atomic mass is 16.3. The van der Waals surface area contributed by atoms with Crippen molar-refractivity contribution in [2.45, 2.75) is 50.4 Å². The Bertz CT molecular complexity index is 362. The molecule has 1 N–H and O–H groups in total. The van der Waals surface area contributed by atoms with Crippen LogP contribution in [-0.4, -0.2) is 5.11 Å². The van der Waals surface area contributed by atoms with Crippen molar-refractivity contribution in [1.82, 2.24) is 0 Å². The quantitative estimate of drug-likeness (QED) is 0.770. The number of hydrogen-bond acceptors (Lipinski definition) is 1. The van der Waals surface area contributed by atoms with Gasteiger partial charge in [-0.2, -0.15) is 0 Å². The van der Waals surface area contributed by atoms with Crippen molar-refractivity contribution >= 4 is 0 Å². The van der Waals surface area contributed by atoms with Crippen LogP contribution in [0.2, 0.25) is 0 Å². The maximum absolute atomic E-state index is 10.00. The van der Waals surface area contributed by atoms with Gasteiger partial charge in [-0.15, -0.1) is 0 Å². The van der Waals surface area contributed by atoms with Crippen molar-refractivity contribution in [3.05, 3.63) is 29.3 Å². The molecule has 0 bridgehead atoms. The highest BCUT2D eigenvalue weighted by Gasteiger charge is 2.24. The van der Waals surface area contributed by atoms with Crippen LogP contribution in [0.3, 0.4) is 0 Å². The molecule has 0 saturated heterocycles. The summed E-state index contributed by atoms with van der Waals surface area (Å²) in [5, 5.41) is 10.00. The van der Waals surface area contributed by atoms with Gasteiger partial charge in [-0.1, -0.05) is 25.0 Å². The predicted molar refractivity (Wildman–Crippen MR) is 61.3 cm³/mol. The minimum Gasteiger partial charge on any atom is -0.508 e. The molecule has 0 radical (unpaired) electrons. The van der Waals surface area contributed by atoms with E-state index in [-0.39, 0.29) is 0 Å². The lowest BCUT2D eigenvalue weighted by atomic mass is 9.76. The third-order valence-corrected chi connectivity index (χ3v) is 4.18. The molecule has 80 valence electrons. The van der Waals surface area contributed by atoms with Crippen molar-refractivity contribution < 1.29 is 5.11 Å². The fourth-order valence-corrected chi connectivity index (χ4v) is 2.62.